The predicted molar refractivity (Wildman–Crippen MR) is 108 cm³/mol. The van der Waals surface area contributed by atoms with Crippen LogP contribution in [0.25, 0.3) is 0 Å². The summed E-state index contributed by atoms with van der Waals surface area (Å²) in [6.45, 7) is 1.53. The monoisotopic (exact) mass is 374 g/mol. The van der Waals surface area contributed by atoms with Gasteiger partial charge in [0.25, 0.3) is 5.91 Å². The first-order valence-electron chi connectivity index (χ1n) is 8.49. The van der Waals surface area contributed by atoms with Crippen LogP contribution in [0.4, 0.5) is 5.69 Å². The highest BCUT2D eigenvalue weighted by Crippen LogP contribution is 2.38. The van der Waals surface area contributed by atoms with E-state index in [-0.39, 0.29) is 5.91 Å². The van der Waals surface area contributed by atoms with Gasteiger partial charge in [-0.2, -0.15) is 11.8 Å². The summed E-state index contributed by atoms with van der Waals surface area (Å²) in [7, 11) is 3.97. The summed E-state index contributed by atoms with van der Waals surface area (Å²) >= 11 is 8.24. The van der Waals surface area contributed by atoms with Crippen LogP contribution in [0.3, 0.4) is 0 Å². The molecule has 1 atom stereocenters. The fourth-order valence-electron chi connectivity index (χ4n) is 3.06. The number of halogens is 1. The van der Waals surface area contributed by atoms with Crippen LogP contribution in [0.15, 0.2) is 48.5 Å². The van der Waals surface area contributed by atoms with E-state index in [9.17, 15) is 4.79 Å². The second-order valence-electron chi connectivity index (χ2n) is 6.41. The smallest absolute Gasteiger partial charge is 0.253 e. The molecule has 1 unspecified atom stereocenters. The molecule has 2 aromatic rings. The summed E-state index contributed by atoms with van der Waals surface area (Å²) in [4.78, 5) is 16.9. The second-order valence-corrected chi connectivity index (χ2v) is 8.12. The van der Waals surface area contributed by atoms with E-state index in [0.29, 0.717) is 5.25 Å². The first-order valence-corrected chi connectivity index (χ1v) is 9.91. The second kappa shape index (κ2) is 8.15. The number of thioether (sulfide) groups is 1. The zero-order chi connectivity index (χ0) is 17.8. The first kappa shape index (κ1) is 18.2. The van der Waals surface area contributed by atoms with Gasteiger partial charge in [0.15, 0.2) is 0 Å². The molecule has 1 aliphatic heterocycles. The lowest BCUT2D eigenvalue weighted by Crippen LogP contribution is -2.33. The van der Waals surface area contributed by atoms with Crippen molar-refractivity contribution in [1.82, 2.24) is 4.90 Å². The molecule has 3 rings (SSSR count). The van der Waals surface area contributed by atoms with E-state index >= 15 is 0 Å². The Labute approximate surface area is 159 Å². The van der Waals surface area contributed by atoms with Crippen molar-refractivity contribution in [2.75, 3.05) is 37.8 Å². The Bertz CT molecular complexity index is 750. The van der Waals surface area contributed by atoms with Crippen LogP contribution in [0.2, 0.25) is 5.02 Å². The lowest BCUT2D eigenvalue weighted by atomic mass is 10.1. The molecule has 1 heterocycles. The molecule has 1 amide bonds. The van der Waals surface area contributed by atoms with E-state index in [0.717, 1.165) is 41.5 Å². The number of anilines is 1. The Hall–Kier alpha value is -1.65. The first-order chi connectivity index (χ1) is 12.1. The van der Waals surface area contributed by atoms with Crippen molar-refractivity contribution in [3.05, 3.63) is 64.7 Å². The molecule has 25 heavy (non-hydrogen) atoms. The molecule has 3 nitrogen and oxygen atoms in total. The van der Waals surface area contributed by atoms with E-state index in [1.807, 2.05) is 78.1 Å². The van der Waals surface area contributed by atoms with Crippen molar-refractivity contribution in [2.24, 2.45) is 0 Å². The van der Waals surface area contributed by atoms with Crippen molar-refractivity contribution in [3.63, 3.8) is 0 Å². The van der Waals surface area contributed by atoms with Gasteiger partial charge in [0.1, 0.15) is 0 Å². The van der Waals surface area contributed by atoms with Crippen LogP contribution in [0, 0.1) is 0 Å². The van der Waals surface area contributed by atoms with Gasteiger partial charge in [0.05, 0.1) is 0 Å². The lowest BCUT2D eigenvalue weighted by molar-refractivity contribution is 0.0766. The minimum atomic E-state index is 0.115. The number of carbonyl (C=O) groups excluding carboxylic acids is 1. The van der Waals surface area contributed by atoms with Crippen LogP contribution < -0.4 is 4.90 Å². The summed E-state index contributed by atoms with van der Waals surface area (Å²) in [5, 5.41) is 1.16. The predicted octanol–water partition coefficient (Wildman–Crippen LogP) is 4.73. The maximum absolute atomic E-state index is 12.9. The average molecular weight is 375 g/mol. The van der Waals surface area contributed by atoms with E-state index in [2.05, 4.69) is 6.07 Å². The highest BCUT2D eigenvalue weighted by molar-refractivity contribution is 7.99. The molecular formula is C20H23ClN2OS. The Balaban J connectivity index is 1.72. The molecule has 1 aliphatic rings. The Morgan fingerprint density at radius 1 is 1.16 bits per heavy atom. The van der Waals surface area contributed by atoms with Crippen LogP contribution in [0.1, 0.15) is 27.6 Å². The molecule has 1 saturated heterocycles. The third kappa shape index (κ3) is 4.31. The minimum absolute atomic E-state index is 0.115. The molecule has 5 heteroatoms. The summed E-state index contributed by atoms with van der Waals surface area (Å²) < 4.78 is 0. The van der Waals surface area contributed by atoms with Crippen molar-refractivity contribution in [2.45, 2.75) is 11.7 Å². The van der Waals surface area contributed by atoms with Crippen LogP contribution in [-0.2, 0) is 0 Å². The zero-order valence-electron chi connectivity index (χ0n) is 14.6. The third-order valence-electron chi connectivity index (χ3n) is 4.49. The van der Waals surface area contributed by atoms with E-state index in [1.54, 1.807) is 0 Å². The molecule has 132 valence electrons. The maximum atomic E-state index is 12.9. The maximum Gasteiger partial charge on any atom is 0.253 e. The highest BCUT2D eigenvalue weighted by atomic mass is 35.5. The number of carbonyl (C=O) groups is 1. The van der Waals surface area contributed by atoms with E-state index < -0.39 is 0 Å². The van der Waals surface area contributed by atoms with Gasteiger partial charge in [-0.05, 0) is 36.2 Å². The molecule has 0 aliphatic carbocycles. The van der Waals surface area contributed by atoms with Gasteiger partial charge in [-0.1, -0.05) is 35.9 Å². The number of rotatable bonds is 3. The number of amides is 1. The SMILES string of the molecule is CN(C)c1cccc(C(=O)N2CCSC(c3ccccc3Cl)CC2)c1. The molecular weight excluding hydrogens is 352 g/mol. The van der Waals surface area contributed by atoms with Gasteiger partial charge in [-0.25, -0.2) is 0 Å². The Morgan fingerprint density at radius 3 is 2.72 bits per heavy atom. The zero-order valence-corrected chi connectivity index (χ0v) is 16.2. The normalized spacial score (nSPS) is 17.9. The topological polar surface area (TPSA) is 23.6 Å². The van der Waals surface area contributed by atoms with Gasteiger partial charge in [0, 0.05) is 54.5 Å². The van der Waals surface area contributed by atoms with Gasteiger partial charge < -0.3 is 9.80 Å². The van der Waals surface area contributed by atoms with Crippen molar-refractivity contribution in [3.8, 4) is 0 Å². The summed E-state index contributed by atoms with van der Waals surface area (Å²) in [5.41, 5.74) is 2.98. The summed E-state index contributed by atoms with van der Waals surface area (Å²) in [5.74, 6) is 1.04. The van der Waals surface area contributed by atoms with Gasteiger partial charge in [0.2, 0.25) is 0 Å². The van der Waals surface area contributed by atoms with Crippen LogP contribution in [-0.4, -0.2) is 43.7 Å². The molecule has 0 spiro atoms. The summed E-state index contributed by atoms with van der Waals surface area (Å²) in [6, 6.07) is 15.9. The van der Waals surface area contributed by atoms with E-state index in [4.69, 9.17) is 11.6 Å². The van der Waals surface area contributed by atoms with Crippen molar-refractivity contribution < 1.29 is 4.79 Å². The quantitative estimate of drug-likeness (QED) is 0.776. The van der Waals surface area contributed by atoms with E-state index in [1.165, 1.54) is 5.56 Å². The third-order valence-corrected chi connectivity index (χ3v) is 6.14. The molecule has 0 aromatic heterocycles. The molecule has 0 saturated carbocycles. The molecule has 0 bridgehead atoms. The molecule has 1 fully saturated rings. The Kier molecular flexibility index (Phi) is 5.92. The Morgan fingerprint density at radius 2 is 1.96 bits per heavy atom. The van der Waals surface area contributed by atoms with Crippen LogP contribution in [0.5, 0.6) is 0 Å². The van der Waals surface area contributed by atoms with Gasteiger partial charge >= 0.3 is 0 Å². The average Bonchev–Trinajstić information content (AvgIpc) is 2.87. The number of nitrogens with zero attached hydrogens (tertiary/aromatic N) is 2. The molecule has 0 N–H and O–H groups in total. The largest absolute Gasteiger partial charge is 0.378 e. The fourth-order valence-corrected chi connectivity index (χ4v) is 4.66. The lowest BCUT2D eigenvalue weighted by Gasteiger charge is -2.21. The molecule has 0 radical (unpaired) electrons. The minimum Gasteiger partial charge on any atom is -0.378 e. The van der Waals surface area contributed by atoms with Crippen LogP contribution >= 0.6 is 23.4 Å². The highest BCUT2D eigenvalue weighted by Gasteiger charge is 2.24. The standard InChI is InChI=1S/C20H23ClN2OS/c1-22(2)16-7-5-6-15(14-16)20(24)23-11-10-19(25-13-12-23)17-8-3-4-9-18(17)21/h3-9,14,19H,10-13H2,1-2H3. The van der Waals surface area contributed by atoms with Gasteiger partial charge in [-0.15, -0.1) is 0 Å². The van der Waals surface area contributed by atoms with Crippen molar-refractivity contribution >= 4 is 35.0 Å². The number of benzene rings is 2. The van der Waals surface area contributed by atoms with Gasteiger partial charge in [-0.3, -0.25) is 4.79 Å². The number of hydrogen-bond donors (Lipinski definition) is 0. The fraction of sp³-hybridized carbons (Fsp3) is 0.350. The summed E-state index contributed by atoms with van der Waals surface area (Å²) in [6.07, 6.45) is 0.924. The molecule has 2 aromatic carbocycles. The number of hydrogen-bond acceptors (Lipinski definition) is 3. The van der Waals surface area contributed by atoms with Crippen molar-refractivity contribution in [1.29, 1.82) is 0 Å².